The maximum Gasteiger partial charge on any atom is 0.0715 e. The van der Waals surface area contributed by atoms with E-state index in [9.17, 15) is 0 Å². The average Bonchev–Trinajstić information content (AvgIpc) is 3.72. The molecule has 1 aliphatic rings. The minimum absolute atomic E-state index is 0.739. The zero-order chi connectivity index (χ0) is 35.0. The Morgan fingerprint density at radius 3 is 1.49 bits per heavy atom. The first-order valence-electron chi connectivity index (χ1n) is 17.8. The molecule has 10 aromatic rings. The molecular formula is C48H30ClN3S. The van der Waals surface area contributed by atoms with Crippen LogP contribution in [0.4, 0.5) is 11.4 Å². The van der Waals surface area contributed by atoms with E-state index in [1.54, 1.807) is 11.8 Å². The van der Waals surface area contributed by atoms with E-state index in [1.165, 1.54) is 76.4 Å². The van der Waals surface area contributed by atoms with E-state index < -0.39 is 0 Å². The van der Waals surface area contributed by atoms with Crippen molar-refractivity contribution in [1.29, 1.82) is 0 Å². The predicted molar refractivity (Wildman–Crippen MR) is 225 cm³/mol. The minimum Gasteiger partial charge on any atom is -0.352 e. The van der Waals surface area contributed by atoms with Crippen LogP contribution in [-0.4, -0.2) is 9.13 Å². The van der Waals surface area contributed by atoms with Crippen LogP contribution >= 0.6 is 23.4 Å². The van der Waals surface area contributed by atoms with Gasteiger partial charge >= 0.3 is 0 Å². The van der Waals surface area contributed by atoms with Crippen molar-refractivity contribution in [3.63, 3.8) is 0 Å². The molecule has 0 saturated heterocycles. The van der Waals surface area contributed by atoms with Gasteiger partial charge in [-0.1, -0.05) is 108 Å². The molecule has 8 aromatic carbocycles. The average molecular weight is 716 g/mol. The van der Waals surface area contributed by atoms with Crippen molar-refractivity contribution >= 4 is 78.3 Å². The Morgan fingerprint density at radius 2 is 0.887 bits per heavy atom. The van der Waals surface area contributed by atoms with Crippen LogP contribution in [0.5, 0.6) is 0 Å². The second-order valence-corrected chi connectivity index (χ2v) is 15.1. The monoisotopic (exact) mass is 715 g/mol. The third-order valence-electron chi connectivity index (χ3n) is 10.6. The molecule has 0 radical (unpaired) electrons. The first kappa shape index (κ1) is 30.4. The molecule has 3 heterocycles. The van der Waals surface area contributed by atoms with Crippen molar-refractivity contribution in [2.45, 2.75) is 9.79 Å². The van der Waals surface area contributed by atoms with Crippen molar-refractivity contribution in [3.05, 3.63) is 181 Å². The molecule has 3 nitrogen and oxygen atoms in total. The maximum atomic E-state index is 6.53. The molecular weight excluding hydrogens is 686 g/mol. The summed E-state index contributed by atoms with van der Waals surface area (Å²) in [6, 6.07) is 63.5. The van der Waals surface area contributed by atoms with Gasteiger partial charge in [-0.25, -0.2) is 0 Å². The molecule has 53 heavy (non-hydrogen) atoms. The van der Waals surface area contributed by atoms with Crippen LogP contribution in [0, 0.1) is 0 Å². The normalized spacial score (nSPS) is 12.3. The number of halogens is 1. The first-order valence-corrected chi connectivity index (χ1v) is 19.0. The summed E-state index contributed by atoms with van der Waals surface area (Å²) in [5.74, 6) is 0. The van der Waals surface area contributed by atoms with E-state index in [-0.39, 0.29) is 0 Å². The van der Waals surface area contributed by atoms with Crippen LogP contribution in [0.25, 0.3) is 77.2 Å². The molecule has 2 aromatic heterocycles. The maximum absolute atomic E-state index is 6.53. The highest BCUT2D eigenvalue weighted by molar-refractivity contribution is 7.99. The van der Waals surface area contributed by atoms with Crippen LogP contribution in [0.2, 0.25) is 5.02 Å². The Labute approximate surface area is 315 Å². The number of nitrogens with one attached hydrogen (secondary N) is 1. The van der Waals surface area contributed by atoms with Crippen LogP contribution in [0.3, 0.4) is 0 Å². The zero-order valence-electron chi connectivity index (χ0n) is 28.4. The molecule has 0 atom stereocenters. The summed E-state index contributed by atoms with van der Waals surface area (Å²) in [6.07, 6.45) is 0. The summed E-state index contributed by atoms with van der Waals surface area (Å²) in [6.45, 7) is 0. The van der Waals surface area contributed by atoms with Gasteiger partial charge in [0, 0.05) is 42.7 Å². The number of benzene rings is 8. The van der Waals surface area contributed by atoms with Gasteiger partial charge in [-0.2, -0.15) is 0 Å². The van der Waals surface area contributed by atoms with Gasteiger partial charge in [-0.3, -0.25) is 0 Å². The molecule has 0 aliphatic carbocycles. The molecule has 0 fully saturated rings. The summed E-state index contributed by atoms with van der Waals surface area (Å²) >= 11 is 8.29. The summed E-state index contributed by atoms with van der Waals surface area (Å²) in [7, 11) is 0. The number of hydrogen-bond donors (Lipinski definition) is 1. The number of hydrogen-bond acceptors (Lipinski definition) is 2. The van der Waals surface area contributed by atoms with Crippen LogP contribution in [-0.2, 0) is 0 Å². The van der Waals surface area contributed by atoms with Crippen molar-refractivity contribution < 1.29 is 0 Å². The largest absolute Gasteiger partial charge is 0.352 e. The Hall–Kier alpha value is -6.20. The van der Waals surface area contributed by atoms with Crippen molar-refractivity contribution in [1.82, 2.24) is 9.13 Å². The van der Waals surface area contributed by atoms with E-state index in [0.717, 1.165) is 27.0 Å². The van der Waals surface area contributed by atoms with E-state index in [1.807, 2.05) is 12.1 Å². The molecule has 0 amide bonds. The molecule has 0 unspecified atom stereocenters. The van der Waals surface area contributed by atoms with Gasteiger partial charge in [-0.05, 0) is 113 Å². The smallest absolute Gasteiger partial charge is 0.0715 e. The fraction of sp³-hybridized carbons (Fsp3) is 0. The molecule has 0 bridgehead atoms. The Kier molecular flexibility index (Phi) is 6.85. The quantitative estimate of drug-likeness (QED) is 0.196. The molecule has 1 N–H and O–H groups in total. The highest BCUT2D eigenvalue weighted by atomic mass is 35.5. The van der Waals surface area contributed by atoms with Gasteiger partial charge < -0.3 is 14.5 Å². The molecule has 0 spiro atoms. The van der Waals surface area contributed by atoms with Gasteiger partial charge in [0.1, 0.15) is 0 Å². The molecule has 11 rings (SSSR count). The van der Waals surface area contributed by atoms with Crippen molar-refractivity contribution in [3.8, 4) is 33.6 Å². The summed E-state index contributed by atoms with van der Waals surface area (Å²) < 4.78 is 4.76. The van der Waals surface area contributed by atoms with Crippen LogP contribution in [0.15, 0.2) is 186 Å². The minimum atomic E-state index is 0.739. The molecule has 250 valence electrons. The van der Waals surface area contributed by atoms with Crippen molar-refractivity contribution in [2.24, 2.45) is 0 Å². The number of aromatic nitrogens is 2. The Morgan fingerprint density at radius 1 is 0.396 bits per heavy atom. The van der Waals surface area contributed by atoms with E-state index in [0.29, 0.717) is 0 Å². The molecule has 0 saturated carbocycles. The third kappa shape index (κ3) is 4.84. The standard InChI is InChI=1S/C48H30ClN3S/c49-40-15-9-17-46-48(40)50-41-22-18-33(29-47(41)53-46)32-21-25-45-39(28-32)38-27-31(20-24-44(38)52(45)35-12-5-2-6-13-35)30-19-23-43-37(26-30)36-14-7-8-16-42(36)51(43)34-10-3-1-4-11-34/h1-29,50H. The fourth-order valence-electron chi connectivity index (χ4n) is 8.10. The number of fused-ring (bicyclic) bond motifs is 8. The van der Waals surface area contributed by atoms with Gasteiger partial charge in [-0.15, -0.1) is 0 Å². The Balaban J connectivity index is 1.08. The topological polar surface area (TPSA) is 21.9 Å². The van der Waals surface area contributed by atoms with Gasteiger partial charge in [0.2, 0.25) is 0 Å². The van der Waals surface area contributed by atoms with E-state index in [2.05, 4.69) is 178 Å². The summed E-state index contributed by atoms with van der Waals surface area (Å²) in [4.78, 5) is 2.33. The second-order valence-electron chi connectivity index (χ2n) is 13.6. The number of anilines is 2. The summed E-state index contributed by atoms with van der Waals surface area (Å²) in [5.41, 5.74) is 13.9. The van der Waals surface area contributed by atoms with E-state index >= 15 is 0 Å². The highest BCUT2D eigenvalue weighted by Gasteiger charge is 2.20. The van der Waals surface area contributed by atoms with Gasteiger partial charge in [0.15, 0.2) is 0 Å². The summed E-state index contributed by atoms with van der Waals surface area (Å²) in [5, 5.41) is 9.26. The highest BCUT2D eigenvalue weighted by Crippen LogP contribution is 2.48. The van der Waals surface area contributed by atoms with Gasteiger partial charge in [0.25, 0.3) is 0 Å². The number of rotatable bonds is 4. The molecule has 5 heteroatoms. The zero-order valence-corrected chi connectivity index (χ0v) is 30.0. The SMILES string of the molecule is Clc1cccc2c1Nc1ccc(-c3ccc4c(c3)c3cc(-c5ccc6c(c5)c5ccccc5n6-c5ccccc5)ccc3n4-c3ccccc3)cc1S2. The predicted octanol–water partition coefficient (Wildman–Crippen LogP) is 14.1. The van der Waals surface area contributed by atoms with Gasteiger partial charge in [0.05, 0.1) is 38.5 Å². The fourth-order valence-corrected chi connectivity index (χ4v) is 9.44. The molecule has 1 aliphatic heterocycles. The second kappa shape index (κ2) is 11.9. The number of para-hydroxylation sites is 4. The van der Waals surface area contributed by atoms with Crippen LogP contribution < -0.4 is 5.32 Å². The lowest BCUT2D eigenvalue weighted by Crippen LogP contribution is -2.00. The third-order valence-corrected chi connectivity index (χ3v) is 12.0. The lowest BCUT2D eigenvalue weighted by molar-refractivity contribution is 1.18. The first-order chi connectivity index (χ1) is 26.2. The lowest BCUT2D eigenvalue weighted by Gasteiger charge is -2.22. The van der Waals surface area contributed by atoms with Crippen molar-refractivity contribution in [2.75, 3.05) is 5.32 Å². The lowest BCUT2D eigenvalue weighted by atomic mass is 9.99. The Bertz CT molecular complexity index is 3070. The van der Waals surface area contributed by atoms with Crippen LogP contribution in [0.1, 0.15) is 0 Å². The number of nitrogens with zero attached hydrogens (tertiary/aromatic N) is 2. The van der Waals surface area contributed by atoms with E-state index in [4.69, 9.17) is 11.6 Å².